The lowest BCUT2D eigenvalue weighted by Crippen LogP contribution is -2.19. The molecule has 12 heavy (non-hydrogen) atoms. The molecule has 1 N–H and O–H groups in total. The van der Waals surface area contributed by atoms with Gasteiger partial charge in [-0.05, 0) is 13.0 Å². The monoisotopic (exact) mass is 189 g/mol. The van der Waals surface area contributed by atoms with E-state index in [4.69, 9.17) is 4.74 Å². The van der Waals surface area contributed by atoms with Crippen molar-refractivity contribution in [2.45, 2.75) is 6.42 Å². The number of nitrogens with one attached hydrogen (secondary N) is 1. The number of hydrogen-bond acceptors (Lipinski definition) is 3. The molecule has 0 bridgehead atoms. The summed E-state index contributed by atoms with van der Waals surface area (Å²) in [6, 6.07) is 0. The first-order valence-electron chi connectivity index (χ1n) is 4.30. The summed E-state index contributed by atoms with van der Waals surface area (Å²) in [5.41, 5.74) is 0. The molecule has 0 aliphatic heterocycles. The molecule has 0 amide bonds. The molecular weight excluding hydrogens is 170 g/mol. The summed E-state index contributed by atoms with van der Waals surface area (Å²) >= 11 is 1.91. The van der Waals surface area contributed by atoms with Gasteiger partial charge in [-0.2, -0.15) is 11.8 Å². The molecule has 0 saturated heterocycles. The highest BCUT2D eigenvalue weighted by molar-refractivity contribution is 7.99. The number of hydrogen-bond donors (Lipinski definition) is 1. The Labute approximate surface area is 79.8 Å². The van der Waals surface area contributed by atoms with Crippen LogP contribution >= 0.6 is 11.8 Å². The maximum Gasteiger partial charge on any atom is 0.0474 e. The van der Waals surface area contributed by atoms with Crippen LogP contribution in [-0.4, -0.2) is 38.3 Å². The minimum atomic E-state index is 0.854. The second kappa shape index (κ2) is 11.0. The summed E-state index contributed by atoms with van der Waals surface area (Å²) in [6.45, 7) is 6.66. The van der Waals surface area contributed by atoms with Gasteiger partial charge in [-0.15, -0.1) is 6.58 Å². The minimum Gasteiger partial charge on any atom is -0.385 e. The van der Waals surface area contributed by atoms with E-state index in [-0.39, 0.29) is 0 Å². The van der Waals surface area contributed by atoms with Crippen molar-refractivity contribution in [3.63, 3.8) is 0 Å². The highest BCUT2D eigenvalue weighted by atomic mass is 32.2. The SMILES string of the molecule is C=CCSCCNCCCOC. The fourth-order valence-corrected chi connectivity index (χ4v) is 1.40. The minimum absolute atomic E-state index is 0.854. The van der Waals surface area contributed by atoms with Gasteiger partial charge < -0.3 is 10.1 Å². The summed E-state index contributed by atoms with van der Waals surface area (Å²) < 4.78 is 4.93. The molecule has 0 atom stereocenters. The van der Waals surface area contributed by atoms with Crippen molar-refractivity contribution in [1.82, 2.24) is 5.32 Å². The van der Waals surface area contributed by atoms with E-state index in [1.54, 1.807) is 7.11 Å². The average Bonchev–Trinajstić information content (AvgIpc) is 2.10. The summed E-state index contributed by atoms with van der Waals surface area (Å²) in [5, 5.41) is 3.34. The maximum absolute atomic E-state index is 4.93. The lowest BCUT2D eigenvalue weighted by molar-refractivity contribution is 0.194. The second-order valence-electron chi connectivity index (χ2n) is 2.46. The fourth-order valence-electron chi connectivity index (χ4n) is 0.778. The molecule has 0 rings (SSSR count). The molecule has 0 aromatic rings. The molecule has 0 saturated carbocycles. The van der Waals surface area contributed by atoms with E-state index in [0.29, 0.717) is 0 Å². The Morgan fingerprint density at radius 2 is 2.33 bits per heavy atom. The summed E-state index contributed by atoms with van der Waals surface area (Å²) in [4.78, 5) is 0. The van der Waals surface area contributed by atoms with Gasteiger partial charge in [0, 0.05) is 31.8 Å². The standard InChI is InChI=1S/C9H19NOS/c1-3-8-12-9-6-10-5-4-7-11-2/h3,10H,1,4-9H2,2H3. The van der Waals surface area contributed by atoms with E-state index in [1.807, 2.05) is 17.8 Å². The fraction of sp³-hybridized carbons (Fsp3) is 0.778. The van der Waals surface area contributed by atoms with Crippen molar-refractivity contribution < 1.29 is 4.74 Å². The number of thioether (sulfide) groups is 1. The molecule has 0 aromatic carbocycles. The summed E-state index contributed by atoms with van der Waals surface area (Å²) in [7, 11) is 1.74. The van der Waals surface area contributed by atoms with E-state index in [1.165, 1.54) is 5.75 Å². The van der Waals surface area contributed by atoms with Gasteiger partial charge in [-0.1, -0.05) is 6.08 Å². The van der Waals surface area contributed by atoms with Gasteiger partial charge in [0.25, 0.3) is 0 Å². The highest BCUT2D eigenvalue weighted by Gasteiger charge is 1.87. The van der Waals surface area contributed by atoms with Crippen LogP contribution in [0.15, 0.2) is 12.7 Å². The van der Waals surface area contributed by atoms with E-state index in [9.17, 15) is 0 Å². The number of rotatable bonds is 9. The molecule has 3 heteroatoms. The van der Waals surface area contributed by atoms with Gasteiger partial charge in [0.2, 0.25) is 0 Å². The van der Waals surface area contributed by atoms with E-state index in [0.717, 1.165) is 31.9 Å². The first-order chi connectivity index (χ1) is 5.91. The van der Waals surface area contributed by atoms with Gasteiger partial charge in [-0.25, -0.2) is 0 Å². The quantitative estimate of drug-likeness (QED) is 0.439. The van der Waals surface area contributed by atoms with E-state index in [2.05, 4.69) is 11.9 Å². The summed E-state index contributed by atoms with van der Waals surface area (Å²) in [5.74, 6) is 2.22. The third kappa shape index (κ3) is 10.0. The zero-order valence-corrected chi connectivity index (χ0v) is 8.66. The molecular formula is C9H19NOS. The average molecular weight is 189 g/mol. The molecule has 0 spiro atoms. The summed E-state index contributed by atoms with van der Waals surface area (Å²) in [6.07, 6.45) is 3.04. The Bertz CT molecular complexity index is 98.5. The third-order valence-corrected chi connectivity index (χ3v) is 2.33. The Balaban J connectivity index is 2.77. The van der Waals surface area contributed by atoms with Gasteiger partial charge in [-0.3, -0.25) is 0 Å². The van der Waals surface area contributed by atoms with Crippen LogP contribution in [0.4, 0.5) is 0 Å². The van der Waals surface area contributed by atoms with Crippen LogP contribution in [0, 0.1) is 0 Å². The maximum atomic E-state index is 4.93. The first kappa shape index (κ1) is 12.0. The molecule has 0 aliphatic rings. The predicted molar refractivity (Wildman–Crippen MR) is 56.9 cm³/mol. The lowest BCUT2D eigenvalue weighted by atomic mass is 10.4. The topological polar surface area (TPSA) is 21.3 Å². The van der Waals surface area contributed by atoms with E-state index >= 15 is 0 Å². The highest BCUT2D eigenvalue weighted by Crippen LogP contribution is 1.96. The Morgan fingerprint density at radius 3 is 3.00 bits per heavy atom. The largest absolute Gasteiger partial charge is 0.385 e. The molecule has 0 aliphatic carbocycles. The first-order valence-corrected chi connectivity index (χ1v) is 5.45. The molecule has 0 unspecified atom stereocenters. The van der Waals surface area contributed by atoms with Gasteiger partial charge >= 0.3 is 0 Å². The Kier molecular flexibility index (Phi) is 11.0. The van der Waals surface area contributed by atoms with Crippen molar-refractivity contribution in [1.29, 1.82) is 0 Å². The van der Waals surface area contributed by atoms with Gasteiger partial charge in [0.1, 0.15) is 0 Å². The van der Waals surface area contributed by atoms with Crippen LogP contribution in [0.2, 0.25) is 0 Å². The van der Waals surface area contributed by atoms with Crippen LogP contribution in [-0.2, 0) is 4.74 Å². The molecule has 2 nitrogen and oxygen atoms in total. The number of ether oxygens (including phenoxy) is 1. The second-order valence-corrected chi connectivity index (χ2v) is 3.61. The van der Waals surface area contributed by atoms with Crippen molar-refractivity contribution in [3.8, 4) is 0 Å². The van der Waals surface area contributed by atoms with Crippen LogP contribution < -0.4 is 5.32 Å². The normalized spacial score (nSPS) is 10.1. The zero-order chi connectivity index (χ0) is 9.07. The Hall–Kier alpha value is 0.01000. The molecule has 0 fully saturated rings. The van der Waals surface area contributed by atoms with Crippen LogP contribution in [0.5, 0.6) is 0 Å². The van der Waals surface area contributed by atoms with Crippen LogP contribution in [0.25, 0.3) is 0 Å². The molecule has 72 valence electrons. The smallest absolute Gasteiger partial charge is 0.0474 e. The van der Waals surface area contributed by atoms with Crippen LogP contribution in [0.3, 0.4) is 0 Å². The molecule has 0 radical (unpaired) electrons. The lowest BCUT2D eigenvalue weighted by Gasteiger charge is -2.02. The molecule has 0 aromatic heterocycles. The van der Waals surface area contributed by atoms with Crippen molar-refractivity contribution in [2.24, 2.45) is 0 Å². The molecule has 0 heterocycles. The van der Waals surface area contributed by atoms with Crippen LogP contribution in [0.1, 0.15) is 6.42 Å². The van der Waals surface area contributed by atoms with Gasteiger partial charge in [0.15, 0.2) is 0 Å². The van der Waals surface area contributed by atoms with E-state index < -0.39 is 0 Å². The zero-order valence-electron chi connectivity index (χ0n) is 7.84. The van der Waals surface area contributed by atoms with Crippen molar-refractivity contribution >= 4 is 11.8 Å². The van der Waals surface area contributed by atoms with Crippen molar-refractivity contribution in [2.75, 3.05) is 38.3 Å². The van der Waals surface area contributed by atoms with Crippen molar-refractivity contribution in [3.05, 3.63) is 12.7 Å². The Morgan fingerprint density at radius 1 is 1.50 bits per heavy atom. The number of methoxy groups -OCH3 is 1. The third-order valence-electron chi connectivity index (χ3n) is 1.36. The predicted octanol–water partition coefficient (Wildman–Crippen LogP) is 1.53. The van der Waals surface area contributed by atoms with Gasteiger partial charge in [0.05, 0.1) is 0 Å².